The third kappa shape index (κ3) is 4.09. The molecule has 2 aliphatic rings. The quantitative estimate of drug-likeness (QED) is 0.503. The zero-order chi connectivity index (χ0) is 21.3. The Morgan fingerprint density at radius 3 is 2.77 bits per heavy atom. The molecule has 5 N–H and O–H groups in total. The molecule has 1 aromatic carbocycles. The maximum atomic E-state index is 13.8. The van der Waals surface area contributed by atoms with E-state index in [1.165, 1.54) is 12.1 Å². The zero-order valence-electron chi connectivity index (χ0n) is 17.1. The van der Waals surface area contributed by atoms with Crippen LogP contribution in [0.15, 0.2) is 18.2 Å². The smallest absolute Gasteiger partial charge is 0.319 e. The molecule has 0 bridgehead atoms. The minimum atomic E-state index is -0.384. The van der Waals surface area contributed by atoms with Gasteiger partial charge in [-0.25, -0.2) is 9.18 Å². The molecule has 7 nitrogen and oxygen atoms in total. The lowest BCUT2D eigenvalue weighted by atomic mass is 9.94. The molecule has 2 aliphatic heterocycles. The SMILES string of the molecule is Cc1[nH]c(/C=C2\C(=O)NCc3ccc(F)cc32)c(C)c1NC(=O)NC1CCNCC1. The summed E-state index contributed by atoms with van der Waals surface area (Å²) in [7, 11) is 0. The highest BCUT2D eigenvalue weighted by atomic mass is 19.1. The lowest BCUT2D eigenvalue weighted by molar-refractivity contribution is -0.115. The van der Waals surface area contributed by atoms with E-state index < -0.39 is 0 Å². The molecule has 0 saturated carbocycles. The summed E-state index contributed by atoms with van der Waals surface area (Å²) < 4.78 is 13.8. The van der Waals surface area contributed by atoms with Gasteiger partial charge in [0.05, 0.1) is 5.69 Å². The Balaban J connectivity index is 1.59. The number of hydrogen-bond acceptors (Lipinski definition) is 3. The number of urea groups is 1. The van der Waals surface area contributed by atoms with Gasteiger partial charge in [0, 0.05) is 29.5 Å². The third-order valence-electron chi connectivity index (χ3n) is 5.72. The van der Waals surface area contributed by atoms with Crippen LogP contribution in [0.4, 0.5) is 14.9 Å². The molecule has 1 fully saturated rings. The predicted octanol–water partition coefficient (Wildman–Crippen LogP) is 2.81. The summed E-state index contributed by atoms with van der Waals surface area (Å²) in [4.78, 5) is 28.2. The Hall–Kier alpha value is -3.13. The molecule has 1 saturated heterocycles. The van der Waals surface area contributed by atoms with Crippen molar-refractivity contribution in [2.24, 2.45) is 0 Å². The first-order valence-electron chi connectivity index (χ1n) is 10.2. The molecule has 0 aliphatic carbocycles. The monoisotopic (exact) mass is 411 g/mol. The van der Waals surface area contributed by atoms with E-state index in [0.717, 1.165) is 42.8 Å². The van der Waals surface area contributed by atoms with Gasteiger partial charge in [0.2, 0.25) is 0 Å². The molecular weight excluding hydrogens is 385 g/mol. The van der Waals surface area contributed by atoms with Gasteiger partial charge in [-0.2, -0.15) is 0 Å². The first-order valence-corrected chi connectivity index (χ1v) is 10.2. The van der Waals surface area contributed by atoms with Crippen LogP contribution in [0.2, 0.25) is 0 Å². The lowest BCUT2D eigenvalue weighted by Crippen LogP contribution is -2.44. The average molecular weight is 411 g/mol. The number of aromatic nitrogens is 1. The van der Waals surface area contributed by atoms with E-state index in [4.69, 9.17) is 0 Å². The number of carbonyl (C=O) groups excluding carboxylic acids is 2. The molecule has 8 heteroatoms. The number of piperidine rings is 1. The lowest BCUT2D eigenvalue weighted by Gasteiger charge is -2.23. The summed E-state index contributed by atoms with van der Waals surface area (Å²) in [6, 6.07) is 4.37. The van der Waals surface area contributed by atoms with Crippen molar-refractivity contribution < 1.29 is 14.0 Å². The number of halogens is 1. The normalized spacial score (nSPS) is 18.1. The van der Waals surface area contributed by atoms with Crippen molar-refractivity contribution in [2.75, 3.05) is 18.4 Å². The molecule has 0 radical (unpaired) electrons. The number of nitrogens with one attached hydrogen (secondary N) is 5. The van der Waals surface area contributed by atoms with Crippen LogP contribution in [0.5, 0.6) is 0 Å². The molecule has 1 aromatic heterocycles. The molecular formula is C22H26FN5O2. The summed E-state index contributed by atoms with van der Waals surface area (Å²) >= 11 is 0. The largest absolute Gasteiger partial charge is 0.357 e. The second kappa shape index (κ2) is 8.31. The Morgan fingerprint density at radius 1 is 1.23 bits per heavy atom. The first kappa shape index (κ1) is 20.2. The molecule has 30 heavy (non-hydrogen) atoms. The van der Waals surface area contributed by atoms with Crippen molar-refractivity contribution in [1.82, 2.24) is 20.9 Å². The highest BCUT2D eigenvalue weighted by Crippen LogP contribution is 2.30. The van der Waals surface area contributed by atoms with Gasteiger partial charge in [-0.15, -0.1) is 0 Å². The number of fused-ring (bicyclic) bond motifs is 1. The summed E-state index contributed by atoms with van der Waals surface area (Å²) in [5, 5.41) is 12.0. The van der Waals surface area contributed by atoms with Crippen LogP contribution in [0.1, 0.15) is 40.9 Å². The van der Waals surface area contributed by atoms with Gasteiger partial charge in [-0.3, -0.25) is 4.79 Å². The van der Waals surface area contributed by atoms with Crippen LogP contribution in [-0.2, 0) is 11.3 Å². The number of benzene rings is 1. The molecule has 3 amide bonds. The molecule has 0 spiro atoms. The zero-order valence-corrected chi connectivity index (χ0v) is 17.1. The van der Waals surface area contributed by atoms with Crippen LogP contribution in [0, 0.1) is 19.7 Å². The minimum absolute atomic E-state index is 0.157. The Labute approximate surface area is 174 Å². The third-order valence-corrected chi connectivity index (χ3v) is 5.72. The van der Waals surface area contributed by atoms with Crippen LogP contribution in [0.25, 0.3) is 11.6 Å². The molecule has 4 rings (SSSR count). The summed E-state index contributed by atoms with van der Waals surface area (Å²) in [5.74, 6) is -0.636. The fourth-order valence-electron chi connectivity index (χ4n) is 4.04. The first-order chi connectivity index (χ1) is 14.4. The van der Waals surface area contributed by atoms with Crippen molar-refractivity contribution in [2.45, 2.75) is 39.3 Å². The van der Waals surface area contributed by atoms with Gasteiger partial charge in [-0.1, -0.05) is 6.07 Å². The second-order valence-corrected chi connectivity index (χ2v) is 7.83. The predicted molar refractivity (Wildman–Crippen MR) is 114 cm³/mol. The standard InChI is InChI=1S/C22H26FN5O2/c1-12-19(10-18-17-9-15(23)4-3-14(17)11-25-21(18)29)26-13(2)20(12)28-22(30)27-16-5-7-24-8-6-16/h3-4,9-10,16,24,26H,5-8,11H2,1-2H3,(H,25,29)(H2,27,28,30)/b18-10-. The van der Waals surface area contributed by atoms with E-state index in [9.17, 15) is 14.0 Å². The van der Waals surface area contributed by atoms with Gasteiger partial charge >= 0.3 is 6.03 Å². The van der Waals surface area contributed by atoms with Crippen molar-refractivity contribution in [3.63, 3.8) is 0 Å². The maximum absolute atomic E-state index is 13.8. The molecule has 0 unspecified atom stereocenters. The summed E-state index contributed by atoms with van der Waals surface area (Å²) in [6.45, 7) is 5.91. The molecule has 158 valence electrons. The van der Waals surface area contributed by atoms with Gasteiger partial charge < -0.3 is 26.3 Å². The van der Waals surface area contributed by atoms with Crippen molar-refractivity contribution in [1.29, 1.82) is 0 Å². The van der Waals surface area contributed by atoms with E-state index in [1.54, 1.807) is 12.1 Å². The number of hydrogen-bond donors (Lipinski definition) is 5. The van der Waals surface area contributed by atoms with Gasteiger partial charge in [0.25, 0.3) is 5.91 Å². The number of carbonyl (C=O) groups is 2. The number of amides is 3. The highest BCUT2D eigenvalue weighted by Gasteiger charge is 2.23. The summed E-state index contributed by atoms with van der Waals surface area (Å²) in [6.07, 6.45) is 3.52. The van der Waals surface area contributed by atoms with E-state index >= 15 is 0 Å². The highest BCUT2D eigenvalue weighted by molar-refractivity contribution is 6.25. The number of aryl methyl sites for hydroxylation is 1. The number of aromatic amines is 1. The number of anilines is 1. The van der Waals surface area contributed by atoms with Gasteiger partial charge in [0.1, 0.15) is 5.82 Å². The minimum Gasteiger partial charge on any atom is -0.357 e. The number of rotatable bonds is 3. The number of H-pyrrole nitrogens is 1. The van der Waals surface area contributed by atoms with E-state index in [1.807, 2.05) is 13.8 Å². The van der Waals surface area contributed by atoms with Gasteiger partial charge in [0.15, 0.2) is 0 Å². The average Bonchev–Trinajstić information content (AvgIpc) is 2.98. The van der Waals surface area contributed by atoms with E-state index in [-0.39, 0.29) is 23.8 Å². The van der Waals surface area contributed by atoms with Crippen LogP contribution < -0.4 is 21.3 Å². The topological polar surface area (TPSA) is 98.1 Å². The molecule has 3 heterocycles. The van der Waals surface area contributed by atoms with Crippen molar-refractivity contribution in [3.05, 3.63) is 52.1 Å². The fourth-order valence-corrected chi connectivity index (χ4v) is 4.04. The van der Waals surface area contributed by atoms with Gasteiger partial charge in [-0.05, 0) is 74.7 Å². The van der Waals surface area contributed by atoms with E-state index in [2.05, 4.69) is 26.3 Å². The Bertz CT molecular complexity index is 1020. The van der Waals surface area contributed by atoms with Crippen LogP contribution >= 0.6 is 0 Å². The Morgan fingerprint density at radius 2 is 2.00 bits per heavy atom. The Kier molecular flexibility index (Phi) is 5.59. The van der Waals surface area contributed by atoms with Crippen molar-refractivity contribution in [3.8, 4) is 0 Å². The summed E-state index contributed by atoms with van der Waals surface area (Å²) in [5.41, 5.74) is 4.83. The van der Waals surface area contributed by atoms with E-state index in [0.29, 0.717) is 29.1 Å². The second-order valence-electron chi connectivity index (χ2n) is 7.83. The molecule has 0 atom stereocenters. The van der Waals surface area contributed by atoms with Crippen molar-refractivity contribution >= 4 is 29.3 Å². The molecule has 2 aromatic rings. The van der Waals surface area contributed by atoms with Crippen LogP contribution in [-0.4, -0.2) is 36.1 Å². The van der Waals surface area contributed by atoms with Crippen LogP contribution in [0.3, 0.4) is 0 Å². The fraction of sp³-hybridized carbons (Fsp3) is 0.364. The maximum Gasteiger partial charge on any atom is 0.319 e.